The summed E-state index contributed by atoms with van der Waals surface area (Å²) in [5.41, 5.74) is 15.9. The summed E-state index contributed by atoms with van der Waals surface area (Å²) in [5, 5.41) is 9.61. The summed E-state index contributed by atoms with van der Waals surface area (Å²) >= 11 is 0. The van der Waals surface area contributed by atoms with Crippen molar-refractivity contribution in [3.8, 4) is 79.6 Å². The summed E-state index contributed by atoms with van der Waals surface area (Å²) in [6.45, 7) is 7.06. The van der Waals surface area contributed by atoms with Gasteiger partial charge in [-0.25, -0.2) is 19.9 Å². The Balaban J connectivity index is 0.000000203. The summed E-state index contributed by atoms with van der Waals surface area (Å²) in [5.74, 6) is 2.52. The van der Waals surface area contributed by atoms with Crippen LogP contribution in [-0.4, -0.2) is 135 Å². The van der Waals surface area contributed by atoms with Gasteiger partial charge in [-0.2, -0.15) is 17.6 Å². The van der Waals surface area contributed by atoms with E-state index in [1.54, 1.807) is 17.0 Å². The fraction of sp³-hybridized carbons (Fsp3) is 0.361. The Kier molecular flexibility index (Phi) is 21.5. The summed E-state index contributed by atoms with van der Waals surface area (Å²) in [6, 6.07) is 29.2. The van der Waals surface area contributed by atoms with E-state index in [1.807, 2.05) is 73.3 Å². The molecule has 498 valence electrons. The van der Waals surface area contributed by atoms with Gasteiger partial charge in [0.2, 0.25) is 23.6 Å². The van der Waals surface area contributed by atoms with E-state index in [-0.39, 0.29) is 62.3 Å². The molecule has 96 heavy (non-hydrogen) atoms. The number of carbonyl (C=O) groups excluding carboxylic acids is 1. The number of nitrogens with zero attached hydrogens (tertiary/aromatic N) is 8. The number of rotatable bonds is 16. The summed E-state index contributed by atoms with van der Waals surface area (Å²) in [4.78, 5) is 51.4. The number of hydrogen-bond acceptors (Lipinski definition) is 18. The molecule has 0 radical (unpaired) electrons. The van der Waals surface area contributed by atoms with Gasteiger partial charge in [0.05, 0.1) is 18.5 Å². The van der Waals surface area contributed by atoms with Gasteiger partial charge in [-0.3, -0.25) is 29.2 Å². The molecule has 2 fully saturated rings. The number of ether oxygens (including phenoxy) is 3. The van der Waals surface area contributed by atoms with E-state index < -0.39 is 31.3 Å². The molecule has 2 atom stereocenters. The number of benzene rings is 6. The Bertz CT molecular complexity index is 4490. The molecular formula is C72H75F4LiN8O11. The van der Waals surface area contributed by atoms with E-state index in [0.29, 0.717) is 89.2 Å². The normalized spacial score (nSPS) is 16.6. The number of methoxy groups -OCH3 is 1. The molecule has 0 bridgehead atoms. The van der Waals surface area contributed by atoms with E-state index in [4.69, 9.17) is 51.8 Å². The van der Waals surface area contributed by atoms with Crippen LogP contribution in [0.25, 0.3) is 90.3 Å². The fourth-order valence-corrected chi connectivity index (χ4v) is 13.6. The van der Waals surface area contributed by atoms with Crippen molar-refractivity contribution in [1.29, 1.82) is 0 Å². The first-order valence-corrected chi connectivity index (χ1v) is 31.2. The maximum atomic E-state index is 13.5. The van der Waals surface area contributed by atoms with Crippen molar-refractivity contribution in [2.45, 2.75) is 125 Å². The van der Waals surface area contributed by atoms with Crippen LogP contribution in [0.2, 0.25) is 0 Å². The molecule has 19 nitrogen and oxygen atoms in total. The third-order valence-corrected chi connectivity index (χ3v) is 18.5. The largest absolute Gasteiger partial charge is 1.00 e. The number of likely N-dealkylation sites (tertiary alicyclic amines) is 2. The molecule has 0 aliphatic carbocycles. The predicted octanol–water partition coefficient (Wildman–Crippen LogP) is 11.7. The number of carboxylic acid groups (broad SMARTS) is 1. The number of hydrogen-bond donors (Lipinski definition) is 1. The average molecular weight is 1310 g/mol. The number of oxazole rings is 4. The van der Waals surface area contributed by atoms with Gasteiger partial charge in [0.25, 0.3) is 0 Å². The van der Waals surface area contributed by atoms with Crippen LogP contribution in [0.1, 0.15) is 89.4 Å². The third-order valence-electron chi connectivity index (χ3n) is 18.5. The second-order valence-electron chi connectivity index (χ2n) is 24.4. The second-order valence-corrected chi connectivity index (χ2v) is 24.4. The number of aliphatic carboxylic acids is 1. The molecule has 0 amide bonds. The molecule has 4 aromatic heterocycles. The van der Waals surface area contributed by atoms with Crippen LogP contribution in [-0.2, 0) is 53.3 Å². The minimum atomic E-state index is -3.05. The first-order chi connectivity index (χ1) is 44.8. The summed E-state index contributed by atoms with van der Waals surface area (Å²) < 4.78 is 93.3. The van der Waals surface area contributed by atoms with Gasteiger partial charge in [0, 0.05) is 97.6 Å². The third kappa shape index (κ3) is 14.1. The molecule has 0 unspecified atom stereocenters. The van der Waals surface area contributed by atoms with Gasteiger partial charge in [0.15, 0.2) is 11.2 Å². The zero-order valence-corrected chi connectivity index (χ0v) is 54.1. The van der Waals surface area contributed by atoms with Crippen LogP contribution in [0.15, 0.2) is 115 Å². The molecule has 14 rings (SSSR count). The van der Waals surface area contributed by atoms with E-state index >= 15 is 0 Å². The van der Waals surface area contributed by atoms with Crippen molar-refractivity contribution in [3.63, 3.8) is 0 Å². The Morgan fingerprint density at radius 3 is 1.26 bits per heavy atom. The molecule has 0 spiro atoms. The molecular weight excluding hydrogens is 1240 g/mol. The Labute approximate surface area is 564 Å². The van der Waals surface area contributed by atoms with E-state index in [9.17, 15) is 32.3 Å². The molecule has 2 saturated heterocycles. The average Bonchev–Trinajstić information content (AvgIpc) is 1.52. The minimum absolute atomic E-state index is 0. The smallest absolute Gasteiger partial charge is 0.870 e. The van der Waals surface area contributed by atoms with Gasteiger partial charge in [-0.1, -0.05) is 56.0 Å². The Morgan fingerprint density at radius 1 is 0.542 bits per heavy atom. The number of fused-ring (bicyclic) bond motifs is 4. The number of carboxylic acids is 1. The SMILES string of the molecule is C.COC(=O)[C@@H]1CCCN1Cc1cc2nc(-c3cccc(-c4cccc(-c5nc6c(o5)CCN(C)C6)c4C)c3C)oc2cc1OC(F)F.Cc1c(-c2nc3c(o2)CCN(C)C3)cccc1-c1cccc(-c2nc3cc(CN4CCC[C@H]4C(=O)O)c(OC(F)F)cc3o2)c1C.[Li+].[OH-]. The van der Waals surface area contributed by atoms with Crippen LogP contribution in [0.4, 0.5) is 17.6 Å². The van der Waals surface area contributed by atoms with Crippen LogP contribution < -0.4 is 28.3 Å². The number of halogens is 4. The van der Waals surface area contributed by atoms with Crippen LogP contribution in [0.3, 0.4) is 0 Å². The number of esters is 1. The number of carbonyl (C=O) groups is 2. The zero-order valence-electron chi connectivity index (χ0n) is 54.1. The van der Waals surface area contributed by atoms with E-state index in [0.717, 1.165) is 135 Å². The Hall–Kier alpha value is -8.66. The van der Waals surface area contributed by atoms with Crippen molar-refractivity contribution in [3.05, 3.63) is 153 Å². The van der Waals surface area contributed by atoms with E-state index in [1.165, 1.54) is 19.2 Å². The first-order valence-electron chi connectivity index (χ1n) is 31.2. The molecule has 8 heterocycles. The second kappa shape index (κ2) is 29.4. The van der Waals surface area contributed by atoms with Crippen LogP contribution in [0, 0.1) is 27.7 Å². The van der Waals surface area contributed by atoms with Crippen molar-refractivity contribution < 1.29 is 88.5 Å². The molecule has 10 aromatic rings. The summed E-state index contributed by atoms with van der Waals surface area (Å²) in [7, 11) is 5.51. The number of likely N-dealkylation sites (N-methyl/N-ethyl adjacent to an activating group) is 2. The number of aromatic nitrogens is 4. The molecule has 24 heteroatoms. The topological polar surface area (TPSA) is 229 Å². The van der Waals surface area contributed by atoms with Crippen molar-refractivity contribution in [2.24, 2.45) is 0 Å². The monoisotopic (exact) mass is 1310 g/mol. The van der Waals surface area contributed by atoms with Crippen molar-refractivity contribution in [1.82, 2.24) is 39.5 Å². The zero-order chi connectivity index (χ0) is 64.9. The van der Waals surface area contributed by atoms with Crippen molar-refractivity contribution in [2.75, 3.05) is 47.4 Å². The van der Waals surface area contributed by atoms with Gasteiger partial charge >= 0.3 is 44.0 Å². The maximum Gasteiger partial charge on any atom is 1.00 e. The van der Waals surface area contributed by atoms with Crippen molar-refractivity contribution >= 4 is 34.1 Å². The van der Waals surface area contributed by atoms with Gasteiger partial charge < -0.3 is 42.5 Å². The Morgan fingerprint density at radius 2 is 0.896 bits per heavy atom. The predicted molar refractivity (Wildman–Crippen MR) is 348 cm³/mol. The van der Waals surface area contributed by atoms with E-state index in [2.05, 4.69) is 55.9 Å². The molecule has 4 aliphatic rings. The van der Waals surface area contributed by atoms with Gasteiger partial charge in [0.1, 0.15) is 46.1 Å². The summed E-state index contributed by atoms with van der Waals surface area (Å²) in [6.07, 6.45) is 4.34. The molecule has 2 N–H and O–H groups in total. The van der Waals surface area contributed by atoms with Gasteiger partial charge in [-0.15, -0.1) is 0 Å². The fourth-order valence-electron chi connectivity index (χ4n) is 13.6. The first kappa shape index (κ1) is 70.1. The standard InChI is InChI=1S/C36H36F2N4O5.C35H34F2N4O5.CH4.Li.H2O/c1-20-23(24-9-6-11-26(21(24)2)34-40-28-19-41(3)15-13-30(28)45-34)8-5-10-25(20)33-39-27-16-22(31(47-36(37)38)17-32(27)46-33)18-42-14-7-12-29(42)35(43)44-4;1-19-22(23-8-5-10-25(20(23)2)33-39-27-18-40(3)14-12-29(27)44-33)7-4-9-24(19)32-38-26-15-21(17-41-13-6-11-28(41)34(42)43)30(46-35(36)37)16-31(26)45-32;;;/h5-6,8-11,16-17,29,36H,7,12-15,18-19H2,1-4H3;4-5,7-10,15-16,28,35H,6,11-14,17-18H2,1-3H3,(H,42,43);1H4;;1H2/q;;;+1;/p-1/t29-;28-;;;/m00.../s1. The van der Waals surface area contributed by atoms with Crippen LogP contribution >= 0.6 is 0 Å². The quantitative estimate of drug-likeness (QED) is 0.0538. The molecule has 0 saturated carbocycles. The van der Waals surface area contributed by atoms with Crippen LogP contribution in [0.5, 0.6) is 11.5 Å². The van der Waals surface area contributed by atoms with Gasteiger partial charge in [-0.05, 0) is 161 Å². The molecule has 4 aliphatic heterocycles. The maximum absolute atomic E-state index is 13.5. The number of alkyl halides is 4. The molecule has 6 aromatic carbocycles. The minimum Gasteiger partial charge on any atom is -0.870 e.